The van der Waals surface area contributed by atoms with Gasteiger partial charge in [-0.25, -0.2) is 9.37 Å². The number of carbonyl (C=O) groups is 1. The molecular weight excluding hydrogens is 370 g/mol. The van der Waals surface area contributed by atoms with Crippen LogP contribution in [0.4, 0.5) is 9.52 Å². The summed E-state index contributed by atoms with van der Waals surface area (Å²) in [4.78, 5) is 16.5. The van der Waals surface area contributed by atoms with Crippen molar-refractivity contribution in [2.45, 2.75) is 17.7 Å². The summed E-state index contributed by atoms with van der Waals surface area (Å²) in [6.45, 7) is 1.70. The number of benzene rings is 1. The van der Waals surface area contributed by atoms with Gasteiger partial charge in [0.25, 0.3) is 0 Å². The predicted octanol–water partition coefficient (Wildman–Crippen LogP) is 5.13. The first-order valence-corrected chi connectivity index (χ1v) is 8.34. The van der Waals surface area contributed by atoms with Crippen molar-refractivity contribution >= 4 is 57.2 Å². The van der Waals surface area contributed by atoms with Crippen molar-refractivity contribution in [1.82, 2.24) is 4.98 Å². The minimum atomic E-state index is -1.03. The highest BCUT2D eigenvalue weighted by Gasteiger charge is 2.68. The summed E-state index contributed by atoms with van der Waals surface area (Å²) in [5, 5.41) is 5.11. The number of anilines is 1. The Bertz CT molecular complexity index is 764. The largest absolute Gasteiger partial charge is 0.301 e. The van der Waals surface area contributed by atoms with Gasteiger partial charge >= 0.3 is 0 Å². The van der Waals surface area contributed by atoms with Crippen molar-refractivity contribution in [2.24, 2.45) is 5.41 Å². The van der Waals surface area contributed by atoms with Crippen LogP contribution < -0.4 is 5.32 Å². The second kappa shape index (κ2) is 5.34. The van der Waals surface area contributed by atoms with Gasteiger partial charge < -0.3 is 5.32 Å². The Labute approximate surface area is 145 Å². The zero-order valence-electron chi connectivity index (χ0n) is 11.3. The summed E-state index contributed by atoms with van der Waals surface area (Å²) >= 11 is 19.2. The van der Waals surface area contributed by atoms with Gasteiger partial charge in [-0.05, 0) is 31.5 Å². The Hall–Kier alpha value is -0.880. The summed E-state index contributed by atoms with van der Waals surface area (Å²) in [6, 6.07) is 4.07. The molecule has 3 nitrogen and oxygen atoms in total. The van der Waals surface area contributed by atoms with Crippen LogP contribution in [-0.2, 0) is 4.79 Å². The van der Waals surface area contributed by atoms with E-state index in [0.29, 0.717) is 22.8 Å². The number of hydrogen-bond donors (Lipinski definition) is 1. The number of rotatable bonds is 3. The lowest BCUT2D eigenvalue weighted by Crippen LogP contribution is -2.25. The average molecular weight is 380 g/mol. The summed E-state index contributed by atoms with van der Waals surface area (Å²) in [7, 11) is 0. The number of alkyl halides is 2. The molecule has 3 rings (SSSR count). The molecule has 0 aliphatic heterocycles. The number of amides is 1. The van der Waals surface area contributed by atoms with Crippen LogP contribution in [0.15, 0.2) is 23.6 Å². The molecule has 1 aromatic heterocycles. The smallest absolute Gasteiger partial charge is 0.235 e. The van der Waals surface area contributed by atoms with Gasteiger partial charge in [-0.1, -0.05) is 11.6 Å². The molecule has 0 bridgehead atoms. The number of hydrogen-bond acceptors (Lipinski definition) is 3. The molecule has 22 heavy (non-hydrogen) atoms. The van der Waals surface area contributed by atoms with E-state index in [4.69, 9.17) is 34.8 Å². The zero-order valence-corrected chi connectivity index (χ0v) is 14.4. The molecule has 0 radical (unpaired) electrons. The van der Waals surface area contributed by atoms with Crippen LogP contribution in [0.5, 0.6) is 0 Å². The molecule has 1 N–H and O–H groups in total. The summed E-state index contributed by atoms with van der Waals surface area (Å²) in [5.41, 5.74) is 0.353. The highest BCUT2D eigenvalue weighted by Crippen LogP contribution is 2.64. The van der Waals surface area contributed by atoms with Crippen molar-refractivity contribution in [2.75, 3.05) is 5.32 Å². The van der Waals surface area contributed by atoms with Crippen LogP contribution in [0.3, 0.4) is 0 Å². The maximum atomic E-state index is 13.1. The molecule has 0 saturated heterocycles. The maximum Gasteiger partial charge on any atom is 0.235 e. The molecule has 1 unspecified atom stereocenters. The zero-order chi connectivity index (χ0) is 16.1. The summed E-state index contributed by atoms with van der Waals surface area (Å²) in [6.07, 6.45) is 0.400. The molecule has 8 heteroatoms. The Balaban J connectivity index is 1.79. The highest BCUT2D eigenvalue weighted by atomic mass is 35.5. The predicted molar refractivity (Wildman–Crippen MR) is 88.3 cm³/mol. The third-order valence-electron chi connectivity index (χ3n) is 3.69. The van der Waals surface area contributed by atoms with E-state index in [2.05, 4.69) is 10.3 Å². The van der Waals surface area contributed by atoms with Crippen LogP contribution in [0.2, 0.25) is 5.02 Å². The van der Waals surface area contributed by atoms with Gasteiger partial charge in [0.2, 0.25) is 5.91 Å². The SMILES string of the molecule is CC1(C(=O)Nc2nc(-c3ccc(F)cc3Cl)cs2)CC1(Cl)Cl. The number of nitrogens with zero attached hydrogens (tertiary/aromatic N) is 1. The van der Waals surface area contributed by atoms with E-state index in [1.165, 1.54) is 23.5 Å². The molecular formula is C14H10Cl3FN2OS. The highest BCUT2D eigenvalue weighted by molar-refractivity contribution is 7.14. The van der Waals surface area contributed by atoms with Gasteiger partial charge in [-0.2, -0.15) is 0 Å². The minimum absolute atomic E-state index is 0.262. The first kappa shape index (κ1) is 16.0. The van der Waals surface area contributed by atoms with Gasteiger partial charge in [0.05, 0.1) is 16.1 Å². The lowest BCUT2D eigenvalue weighted by atomic mass is 10.1. The van der Waals surface area contributed by atoms with Crippen molar-refractivity contribution < 1.29 is 9.18 Å². The van der Waals surface area contributed by atoms with Gasteiger partial charge in [0.15, 0.2) is 5.13 Å². The van der Waals surface area contributed by atoms with Crippen LogP contribution in [-0.4, -0.2) is 15.2 Å². The van der Waals surface area contributed by atoms with E-state index in [1.807, 2.05) is 0 Å². The molecule has 1 aliphatic rings. The van der Waals surface area contributed by atoms with Crippen molar-refractivity contribution in [3.63, 3.8) is 0 Å². The van der Waals surface area contributed by atoms with E-state index in [9.17, 15) is 9.18 Å². The third kappa shape index (κ3) is 2.71. The molecule has 2 aromatic rings. The fourth-order valence-corrected chi connectivity index (χ4v) is 3.71. The number of nitrogens with one attached hydrogen (secondary N) is 1. The topological polar surface area (TPSA) is 42.0 Å². The van der Waals surface area contributed by atoms with Gasteiger partial charge in [0.1, 0.15) is 10.2 Å². The van der Waals surface area contributed by atoms with Gasteiger partial charge in [-0.15, -0.1) is 34.5 Å². The Morgan fingerprint density at radius 1 is 1.45 bits per heavy atom. The van der Waals surface area contributed by atoms with Crippen LogP contribution in [0.25, 0.3) is 11.3 Å². The Morgan fingerprint density at radius 2 is 2.14 bits per heavy atom. The van der Waals surface area contributed by atoms with Gasteiger partial charge in [0, 0.05) is 10.9 Å². The first-order valence-electron chi connectivity index (χ1n) is 6.33. The fraction of sp³-hybridized carbons (Fsp3) is 0.286. The molecule has 1 amide bonds. The summed E-state index contributed by atoms with van der Waals surface area (Å²) < 4.78 is 12.0. The molecule has 1 aromatic carbocycles. The van der Waals surface area contributed by atoms with Crippen LogP contribution in [0.1, 0.15) is 13.3 Å². The van der Waals surface area contributed by atoms with E-state index < -0.39 is 15.6 Å². The second-order valence-corrected chi connectivity index (χ2v) is 8.08. The number of aromatic nitrogens is 1. The average Bonchev–Trinajstić information content (AvgIpc) is 2.77. The molecule has 1 heterocycles. The number of carbonyl (C=O) groups excluding carboxylic acids is 1. The van der Waals surface area contributed by atoms with Crippen molar-refractivity contribution in [1.29, 1.82) is 0 Å². The normalized spacial score (nSPS) is 22.4. The Morgan fingerprint density at radius 3 is 2.73 bits per heavy atom. The molecule has 1 saturated carbocycles. The molecule has 116 valence electrons. The lowest BCUT2D eigenvalue weighted by molar-refractivity contribution is -0.120. The molecule has 1 atom stereocenters. The van der Waals surface area contributed by atoms with Crippen LogP contribution in [0, 0.1) is 11.2 Å². The molecule has 0 spiro atoms. The van der Waals surface area contributed by atoms with E-state index in [1.54, 1.807) is 18.4 Å². The van der Waals surface area contributed by atoms with Crippen molar-refractivity contribution in [3.8, 4) is 11.3 Å². The van der Waals surface area contributed by atoms with E-state index in [-0.39, 0.29) is 10.9 Å². The standard InChI is InChI=1S/C14H10Cl3FN2OS/c1-13(6-14(13,16)17)11(21)20-12-19-10(5-22-12)8-3-2-7(18)4-9(8)15/h2-5H,6H2,1H3,(H,19,20,21). The number of thiazole rings is 1. The lowest BCUT2D eigenvalue weighted by Gasteiger charge is -2.10. The second-order valence-electron chi connectivity index (χ2n) is 5.33. The summed E-state index contributed by atoms with van der Waals surface area (Å²) in [5.74, 6) is -0.691. The molecule has 1 fully saturated rings. The maximum absolute atomic E-state index is 13.1. The quantitative estimate of drug-likeness (QED) is 0.752. The molecule has 1 aliphatic carbocycles. The van der Waals surface area contributed by atoms with E-state index in [0.717, 1.165) is 0 Å². The fourth-order valence-electron chi connectivity index (χ4n) is 2.03. The van der Waals surface area contributed by atoms with E-state index >= 15 is 0 Å². The first-order chi connectivity index (χ1) is 10.2. The third-order valence-corrected chi connectivity index (χ3v) is 5.86. The number of halogens is 4. The monoisotopic (exact) mass is 378 g/mol. The van der Waals surface area contributed by atoms with Crippen LogP contribution >= 0.6 is 46.1 Å². The van der Waals surface area contributed by atoms with Gasteiger partial charge in [-0.3, -0.25) is 4.79 Å². The minimum Gasteiger partial charge on any atom is -0.301 e. The van der Waals surface area contributed by atoms with Crippen molar-refractivity contribution in [3.05, 3.63) is 34.4 Å². The Kier molecular flexibility index (Phi) is 3.88.